The van der Waals surface area contributed by atoms with Crippen molar-refractivity contribution in [3.63, 3.8) is 0 Å². The Morgan fingerprint density at radius 3 is 0.944 bits per heavy atom. The Balaban J connectivity index is 1.77. The van der Waals surface area contributed by atoms with Crippen molar-refractivity contribution >= 4 is 25.7 Å². The van der Waals surface area contributed by atoms with Gasteiger partial charge in [-0.05, 0) is 57.8 Å². The molecular weight excluding hydrogens is 505 g/mol. The molecule has 4 rings (SSSR count). The standard InChI is InChI=1S/C27H54O6Si3/c1-4-19-28-22-34(25-13-7-8-14-25)31-35(23-29-20-5-2,26-15-9-10-16-26)33-36(32-34,24-30-21-6-3)27-17-11-12-18-27/h25-27H,4-24H2,1-3H3. The third-order valence-electron chi connectivity index (χ3n) is 8.92. The topological polar surface area (TPSA) is 55.4 Å². The maximum atomic E-state index is 7.61. The second-order valence-corrected chi connectivity index (χ2v) is 22.5. The first-order chi connectivity index (χ1) is 17.6. The van der Waals surface area contributed by atoms with Crippen LogP contribution in [0.15, 0.2) is 0 Å². The summed E-state index contributed by atoms with van der Waals surface area (Å²) >= 11 is 0. The lowest BCUT2D eigenvalue weighted by atomic mass is 10.4. The van der Waals surface area contributed by atoms with Crippen LogP contribution < -0.4 is 0 Å². The summed E-state index contributed by atoms with van der Waals surface area (Å²) in [4.78, 5) is 0. The van der Waals surface area contributed by atoms with Crippen LogP contribution >= 0.6 is 0 Å². The summed E-state index contributed by atoms with van der Waals surface area (Å²) in [5.74, 6) is 0. The Morgan fingerprint density at radius 1 is 0.472 bits per heavy atom. The molecule has 1 aliphatic heterocycles. The fourth-order valence-electron chi connectivity index (χ4n) is 7.14. The average Bonchev–Trinajstić information content (AvgIpc) is 3.67. The van der Waals surface area contributed by atoms with E-state index in [1.807, 2.05) is 0 Å². The first kappa shape index (κ1) is 29.4. The van der Waals surface area contributed by atoms with E-state index < -0.39 is 25.7 Å². The average molecular weight is 559 g/mol. The van der Waals surface area contributed by atoms with E-state index in [1.165, 1.54) is 77.0 Å². The summed E-state index contributed by atoms with van der Waals surface area (Å²) in [5, 5.41) is 0. The maximum absolute atomic E-state index is 7.61. The second kappa shape index (κ2) is 14.2. The molecule has 0 aromatic rings. The Kier molecular flexibility index (Phi) is 11.6. The molecule has 0 bridgehead atoms. The van der Waals surface area contributed by atoms with Crippen LogP contribution in [0.2, 0.25) is 16.6 Å². The van der Waals surface area contributed by atoms with E-state index >= 15 is 0 Å². The normalized spacial score (nSPS) is 34.8. The molecule has 0 atom stereocenters. The zero-order valence-electron chi connectivity index (χ0n) is 23.5. The van der Waals surface area contributed by atoms with Gasteiger partial charge in [0.1, 0.15) is 0 Å². The van der Waals surface area contributed by atoms with Crippen molar-refractivity contribution < 1.29 is 26.6 Å². The van der Waals surface area contributed by atoms with Gasteiger partial charge in [-0.25, -0.2) is 0 Å². The highest BCUT2D eigenvalue weighted by molar-refractivity contribution is 6.96. The first-order valence-corrected chi connectivity index (χ1v) is 21.8. The van der Waals surface area contributed by atoms with E-state index in [4.69, 9.17) is 26.6 Å². The van der Waals surface area contributed by atoms with Crippen LogP contribution in [0.3, 0.4) is 0 Å². The molecule has 3 aliphatic carbocycles. The van der Waals surface area contributed by atoms with Gasteiger partial charge < -0.3 is 26.6 Å². The van der Waals surface area contributed by atoms with Crippen LogP contribution in [-0.4, -0.2) is 64.2 Å². The highest BCUT2D eigenvalue weighted by Gasteiger charge is 2.69. The molecule has 0 amide bonds. The van der Waals surface area contributed by atoms with Gasteiger partial charge >= 0.3 is 25.7 Å². The van der Waals surface area contributed by atoms with Crippen molar-refractivity contribution in [3.05, 3.63) is 0 Å². The molecule has 4 aliphatic rings. The fourth-order valence-corrected chi connectivity index (χ4v) is 27.1. The summed E-state index contributed by atoms with van der Waals surface area (Å²) in [6.07, 6.45) is 20.1. The van der Waals surface area contributed by atoms with Gasteiger partial charge in [0.05, 0.1) is 18.7 Å². The van der Waals surface area contributed by atoms with Gasteiger partial charge in [0.2, 0.25) is 0 Å². The monoisotopic (exact) mass is 558 g/mol. The minimum atomic E-state index is -2.70. The minimum Gasteiger partial charge on any atom is -0.412 e. The van der Waals surface area contributed by atoms with E-state index in [1.54, 1.807) is 0 Å². The Bertz CT molecular complexity index is 543. The zero-order chi connectivity index (χ0) is 25.3. The van der Waals surface area contributed by atoms with Gasteiger partial charge in [-0.15, -0.1) is 0 Å². The van der Waals surface area contributed by atoms with Crippen LogP contribution in [0, 0.1) is 0 Å². The van der Waals surface area contributed by atoms with Crippen molar-refractivity contribution in [2.75, 3.05) is 38.5 Å². The highest BCUT2D eigenvalue weighted by atomic mass is 28.5. The summed E-state index contributed by atoms with van der Waals surface area (Å²) in [5.41, 5.74) is 1.53. The van der Waals surface area contributed by atoms with Crippen LogP contribution in [0.4, 0.5) is 0 Å². The predicted molar refractivity (Wildman–Crippen MR) is 151 cm³/mol. The molecule has 4 fully saturated rings. The predicted octanol–water partition coefficient (Wildman–Crippen LogP) is 7.11. The quantitative estimate of drug-likeness (QED) is 0.158. The number of hydrogen-bond acceptors (Lipinski definition) is 6. The molecule has 0 unspecified atom stereocenters. The van der Waals surface area contributed by atoms with Crippen molar-refractivity contribution in [1.29, 1.82) is 0 Å². The Morgan fingerprint density at radius 2 is 0.722 bits per heavy atom. The van der Waals surface area contributed by atoms with E-state index in [0.717, 1.165) is 39.1 Å². The van der Waals surface area contributed by atoms with Gasteiger partial charge in [-0.3, -0.25) is 0 Å². The summed E-state index contributed by atoms with van der Waals surface area (Å²) in [6.45, 7) is 8.93. The van der Waals surface area contributed by atoms with E-state index in [-0.39, 0.29) is 0 Å². The molecule has 9 heteroatoms. The van der Waals surface area contributed by atoms with Crippen molar-refractivity contribution in [3.8, 4) is 0 Å². The van der Waals surface area contributed by atoms with E-state index in [0.29, 0.717) is 35.3 Å². The SMILES string of the molecule is CCCOC[Si]1(C2CCCC2)O[Si](COCCC)(C2CCCC2)O[Si](COCCC)(C2CCCC2)O1. The molecule has 210 valence electrons. The van der Waals surface area contributed by atoms with Crippen molar-refractivity contribution in [2.45, 2.75) is 134 Å². The molecule has 0 N–H and O–H groups in total. The van der Waals surface area contributed by atoms with E-state index in [2.05, 4.69) is 20.8 Å². The Hall–Kier alpha value is 0.411. The lowest BCUT2D eigenvalue weighted by Gasteiger charge is -2.57. The smallest absolute Gasteiger partial charge is 0.350 e. The molecule has 0 spiro atoms. The third-order valence-corrected chi connectivity index (χ3v) is 24.5. The molecule has 0 radical (unpaired) electrons. The second-order valence-electron chi connectivity index (χ2n) is 11.8. The zero-order valence-corrected chi connectivity index (χ0v) is 26.5. The molecule has 36 heavy (non-hydrogen) atoms. The summed E-state index contributed by atoms with van der Waals surface area (Å²) < 4.78 is 42.1. The lowest BCUT2D eigenvalue weighted by molar-refractivity contribution is 0.0734. The van der Waals surface area contributed by atoms with Gasteiger partial charge in [0.15, 0.2) is 0 Å². The van der Waals surface area contributed by atoms with Gasteiger partial charge in [-0.1, -0.05) is 59.3 Å². The molecule has 1 saturated heterocycles. The van der Waals surface area contributed by atoms with Crippen LogP contribution in [0.25, 0.3) is 0 Å². The number of hydrogen-bond donors (Lipinski definition) is 0. The number of rotatable bonds is 15. The maximum Gasteiger partial charge on any atom is 0.350 e. The van der Waals surface area contributed by atoms with Crippen LogP contribution in [0.1, 0.15) is 117 Å². The van der Waals surface area contributed by atoms with Crippen LogP contribution in [0.5, 0.6) is 0 Å². The molecule has 0 aromatic heterocycles. The molecule has 6 nitrogen and oxygen atoms in total. The Labute approximate surface area is 224 Å². The molecule has 3 saturated carbocycles. The highest BCUT2D eigenvalue weighted by Crippen LogP contribution is 2.54. The summed E-state index contributed by atoms with van der Waals surface area (Å²) in [7, 11) is -8.09. The fraction of sp³-hybridized carbons (Fsp3) is 1.00. The lowest BCUT2D eigenvalue weighted by Crippen LogP contribution is -2.77. The van der Waals surface area contributed by atoms with Crippen molar-refractivity contribution in [1.82, 2.24) is 0 Å². The molecule has 1 heterocycles. The molecule has 0 aromatic carbocycles. The largest absolute Gasteiger partial charge is 0.412 e. The first-order valence-electron chi connectivity index (χ1n) is 15.5. The third kappa shape index (κ3) is 6.75. The molecular formula is C27H54O6Si3. The number of ether oxygens (including phenoxy) is 3. The van der Waals surface area contributed by atoms with Gasteiger partial charge in [-0.2, -0.15) is 0 Å². The van der Waals surface area contributed by atoms with Gasteiger partial charge in [0.25, 0.3) is 0 Å². The minimum absolute atomic E-state index is 0.511. The van der Waals surface area contributed by atoms with Gasteiger partial charge in [0, 0.05) is 36.4 Å². The van der Waals surface area contributed by atoms with E-state index in [9.17, 15) is 0 Å². The van der Waals surface area contributed by atoms with Crippen molar-refractivity contribution in [2.24, 2.45) is 0 Å². The van der Waals surface area contributed by atoms with Crippen LogP contribution in [-0.2, 0) is 26.6 Å². The summed E-state index contributed by atoms with van der Waals surface area (Å²) in [6, 6.07) is 0.